The van der Waals surface area contributed by atoms with E-state index in [4.69, 9.17) is 0 Å². The first kappa shape index (κ1) is 13.2. The van der Waals surface area contributed by atoms with Gasteiger partial charge in [0.25, 0.3) is 0 Å². The van der Waals surface area contributed by atoms with Crippen molar-refractivity contribution in [1.82, 2.24) is 4.90 Å². The van der Waals surface area contributed by atoms with Crippen molar-refractivity contribution in [3.8, 4) is 0 Å². The number of nitrogens with zero attached hydrogens (tertiary/aromatic N) is 2. The average Bonchev–Trinajstić information content (AvgIpc) is 2.72. The van der Waals surface area contributed by atoms with Gasteiger partial charge in [-0.05, 0) is 30.9 Å². The van der Waals surface area contributed by atoms with Crippen LogP contribution in [0.2, 0.25) is 0 Å². The Morgan fingerprint density at radius 1 is 0.850 bits per heavy atom. The van der Waals surface area contributed by atoms with Crippen molar-refractivity contribution >= 4 is 17.5 Å². The van der Waals surface area contributed by atoms with Gasteiger partial charge in [-0.3, -0.25) is 9.59 Å². The Hall–Kier alpha value is -1.84. The van der Waals surface area contributed by atoms with E-state index in [-0.39, 0.29) is 11.8 Å². The molecule has 3 rings (SSSR count). The van der Waals surface area contributed by atoms with Crippen molar-refractivity contribution in [2.24, 2.45) is 0 Å². The van der Waals surface area contributed by atoms with E-state index in [0.717, 1.165) is 56.4 Å². The van der Waals surface area contributed by atoms with Gasteiger partial charge >= 0.3 is 11.8 Å². The quantitative estimate of drug-likeness (QED) is 0.678. The van der Waals surface area contributed by atoms with Gasteiger partial charge < -0.3 is 9.80 Å². The highest BCUT2D eigenvalue weighted by Crippen LogP contribution is 2.27. The molecule has 2 amide bonds. The van der Waals surface area contributed by atoms with Crippen molar-refractivity contribution < 1.29 is 9.59 Å². The molecule has 1 aromatic rings. The SMILES string of the molecule is O=C(C(=O)N1CCc2ccccc21)N1CCCCCC1. The third-order valence-electron chi connectivity index (χ3n) is 4.21. The van der Waals surface area contributed by atoms with Gasteiger partial charge in [0, 0.05) is 25.3 Å². The van der Waals surface area contributed by atoms with Crippen LogP contribution in [0.15, 0.2) is 24.3 Å². The van der Waals surface area contributed by atoms with Crippen molar-refractivity contribution in [3.05, 3.63) is 29.8 Å². The molecule has 0 bridgehead atoms. The molecule has 4 nitrogen and oxygen atoms in total. The van der Waals surface area contributed by atoms with Gasteiger partial charge in [-0.2, -0.15) is 0 Å². The molecule has 0 atom stereocenters. The number of para-hydroxylation sites is 1. The van der Waals surface area contributed by atoms with Gasteiger partial charge in [0.05, 0.1) is 0 Å². The van der Waals surface area contributed by atoms with E-state index in [1.807, 2.05) is 24.3 Å². The molecule has 0 N–H and O–H groups in total. The summed E-state index contributed by atoms with van der Waals surface area (Å²) >= 11 is 0. The van der Waals surface area contributed by atoms with Crippen LogP contribution >= 0.6 is 0 Å². The van der Waals surface area contributed by atoms with Crippen molar-refractivity contribution in [2.75, 3.05) is 24.5 Å². The molecule has 20 heavy (non-hydrogen) atoms. The van der Waals surface area contributed by atoms with Gasteiger partial charge in [0.2, 0.25) is 0 Å². The summed E-state index contributed by atoms with van der Waals surface area (Å²) in [6.45, 7) is 2.07. The van der Waals surface area contributed by atoms with E-state index in [0.29, 0.717) is 6.54 Å². The molecular formula is C16H20N2O2. The summed E-state index contributed by atoms with van der Waals surface area (Å²) in [6, 6.07) is 7.85. The highest BCUT2D eigenvalue weighted by atomic mass is 16.2. The summed E-state index contributed by atoms with van der Waals surface area (Å²) in [5.41, 5.74) is 2.06. The summed E-state index contributed by atoms with van der Waals surface area (Å²) in [6.07, 6.45) is 5.18. The third-order valence-corrected chi connectivity index (χ3v) is 4.21. The fourth-order valence-electron chi connectivity index (χ4n) is 3.07. The van der Waals surface area contributed by atoms with Crippen LogP contribution in [-0.2, 0) is 16.0 Å². The van der Waals surface area contributed by atoms with Gasteiger partial charge in [-0.15, -0.1) is 0 Å². The lowest BCUT2D eigenvalue weighted by atomic mass is 10.2. The number of carbonyl (C=O) groups excluding carboxylic acids is 2. The van der Waals surface area contributed by atoms with Crippen LogP contribution in [0.3, 0.4) is 0 Å². The predicted octanol–water partition coefficient (Wildman–Crippen LogP) is 1.98. The normalized spacial score (nSPS) is 18.6. The number of benzene rings is 1. The molecule has 0 radical (unpaired) electrons. The van der Waals surface area contributed by atoms with E-state index in [9.17, 15) is 9.59 Å². The minimum absolute atomic E-state index is 0.330. The molecule has 0 spiro atoms. The summed E-state index contributed by atoms with van der Waals surface area (Å²) in [5, 5.41) is 0. The van der Waals surface area contributed by atoms with Crippen molar-refractivity contribution in [1.29, 1.82) is 0 Å². The number of rotatable bonds is 0. The highest BCUT2D eigenvalue weighted by molar-refractivity contribution is 6.40. The Labute approximate surface area is 119 Å². The van der Waals surface area contributed by atoms with Crippen molar-refractivity contribution in [3.63, 3.8) is 0 Å². The Morgan fingerprint density at radius 2 is 1.55 bits per heavy atom. The zero-order chi connectivity index (χ0) is 13.9. The molecule has 2 aliphatic heterocycles. The molecule has 4 heteroatoms. The fourth-order valence-corrected chi connectivity index (χ4v) is 3.07. The zero-order valence-electron chi connectivity index (χ0n) is 11.7. The van der Waals surface area contributed by atoms with Gasteiger partial charge in [0.15, 0.2) is 0 Å². The number of hydrogen-bond acceptors (Lipinski definition) is 2. The Balaban J connectivity index is 1.74. The average molecular weight is 272 g/mol. The number of hydrogen-bond donors (Lipinski definition) is 0. The lowest BCUT2D eigenvalue weighted by Gasteiger charge is -2.23. The van der Waals surface area contributed by atoms with E-state index in [1.54, 1.807) is 9.80 Å². The van der Waals surface area contributed by atoms with Crippen molar-refractivity contribution in [2.45, 2.75) is 32.1 Å². The molecule has 0 unspecified atom stereocenters. The third kappa shape index (κ3) is 2.42. The first-order valence-electron chi connectivity index (χ1n) is 7.46. The first-order chi connectivity index (χ1) is 9.77. The molecule has 0 saturated carbocycles. The van der Waals surface area contributed by atoms with E-state index in [1.165, 1.54) is 0 Å². The molecule has 2 heterocycles. The molecule has 0 aliphatic carbocycles. The molecule has 1 fully saturated rings. The number of anilines is 1. The smallest absolute Gasteiger partial charge is 0.316 e. The van der Waals surface area contributed by atoms with Crippen LogP contribution in [0.4, 0.5) is 5.69 Å². The minimum atomic E-state index is -0.364. The zero-order valence-corrected chi connectivity index (χ0v) is 11.7. The molecule has 0 aromatic heterocycles. The number of likely N-dealkylation sites (tertiary alicyclic amines) is 1. The summed E-state index contributed by atoms with van der Waals surface area (Å²) < 4.78 is 0. The summed E-state index contributed by atoms with van der Waals surface area (Å²) in [4.78, 5) is 28.2. The maximum absolute atomic E-state index is 12.5. The second-order valence-corrected chi connectivity index (χ2v) is 5.54. The van der Waals surface area contributed by atoms with Crippen LogP contribution in [0.1, 0.15) is 31.2 Å². The number of fused-ring (bicyclic) bond motifs is 1. The maximum Gasteiger partial charge on any atom is 0.316 e. The van der Waals surface area contributed by atoms with Crippen LogP contribution in [0, 0.1) is 0 Å². The van der Waals surface area contributed by atoms with Crippen LogP contribution in [-0.4, -0.2) is 36.3 Å². The van der Waals surface area contributed by atoms with E-state index < -0.39 is 0 Å². The second kappa shape index (κ2) is 5.65. The molecular weight excluding hydrogens is 252 g/mol. The molecule has 2 aliphatic rings. The summed E-state index contributed by atoms with van der Waals surface area (Å²) in [7, 11) is 0. The second-order valence-electron chi connectivity index (χ2n) is 5.54. The topological polar surface area (TPSA) is 40.6 Å². The standard InChI is InChI=1S/C16H20N2O2/c19-15(17-10-5-1-2-6-11-17)16(20)18-12-9-13-7-3-4-8-14(13)18/h3-4,7-8H,1-2,5-6,9-12H2. The van der Waals surface area contributed by atoms with Gasteiger partial charge in [-0.1, -0.05) is 31.0 Å². The molecule has 1 aromatic carbocycles. The van der Waals surface area contributed by atoms with Gasteiger partial charge in [0.1, 0.15) is 0 Å². The minimum Gasteiger partial charge on any atom is -0.334 e. The summed E-state index contributed by atoms with van der Waals surface area (Å²) in [5.74, 6) is -0.694. The molecule has 1 saturated heterocycles. The monoisotopic (exact) mass is 272 g/mol. The Bertz CT molecular complexity index is 519. The fraction of sp³-hybridized carbons (Fsp3) is 0.500. The Morgan fingerprint density at radius 3 is 2.30 bits per heavy atom. The van der Waals surface area contributed by atoms with E-state index >= 15 is 0 Å². The first-order valence-corrected chi connectivity index (χ1v) is 7.46. The molecule has 106 valence electrons. The number of amides is 2. The largest absolute Gasteiger partial charge is 0.334 e. The maximum atomic E-state index is 12.5. The van der Waals surface area contributed by atoms with E-state index in [2.05, 4.69) is 0 Å². The van der Waals surface area contributed by atoms with Crippen LogP contribution in [0.5, 0.6) is 0 Å². The highest BCUT2D eigenvalue weighted by Gasteiger charge is 2.31. The number of carbonyl (C=O) groups is 2. The lowest BCUT2D eigenvalue weighted by Crippen LogP contribution is -2.45. The van der Waals surface area contributed by atoms with Gasteiger partial charge in [-0.25, -0.2) is 0 Å². The Kier molecular flexibility index (Phi) is 3.72. The lowest BCUT2D eigenvalue weighted by molar-refractivity contribution is -0.144. The van der Waals surface area contributed by atoms with Crippen LogP contribution in [0.25, 0.3) is 0 Å². The predicted molar refractivity (Wildman–Crippen MR) is 77.5 cm³/mol. The van der Waals surface area contributed by atoms with Crippen LogP contribution < -0.4 is 4.90 Å².